The van der Waals surface area contributed by atoms with Gasteiger partial charge in [0.25, 0.3) is 0 Å². The summed E-state index contributed by atoms with van der Waals surface area (Å²) in [5.74, 6) is 1.40. The molecular formula is C14H20N4OS2. The molecule has 2 aromatic rings. The zero-order valence-corrected chi connectivity index (χ0v) is 14.1. The highest BCUT2D eigenvalue weighted by atomic mass is 32.1. The van der Waals surface area contributed by atoms with Crippen LogP contribution in [0.25, 0.3) is 10.7 Å². The number of nitrogens with zero attached hydrogens (tertiary/aromatic N) is 3. The molecule has 1 amide bonds. The smallest absolute Gasteiger partial charge is 0.224 e. The molecule has 0 aliphatic rings. The Hall–Kier alpha value is -1.47. The number of carbonyl (C=O) groups is 1. The molecule has 0 aliphatic carbocycles. The molecule has 0 bridgehead atoms. The molecule has 0 atom stereocenters. The summed E-state index contributed by atoms with van der Waals surface area (Å²) in [5, 5.41) is 9.07. The Labute approximate surface area is 133 Å². The molecule has 0 aromatic carbocycles. The molecule has 0 aliphatic heterocycles. The van der Waals surface area contributed by atoms with Crippen molar-refractivity contribution in [1.82, 2.24) is 19.7 Å². The van der Waals surface area contributed by atoms with Crippen molar-refractivity contribution in [2.75, 3.05) is 13.6 Å². The van der Waals surface area contributed by atoms with Gasteiger partial charge in [-0.15, -0.1) is 11.3 Å². The van der Waals surface area contributed by atoms with Crippen LogP contribution in [-0.4, -0.2) is 39.2 Å². The van der Waals surface area contributed by atoms with Crippen LogP contribution in [0.1, 0.15) is 20.3 Å². The van der Waals surface area contributed by atoms with Crippen LogP contribution >= 0.6 is 23.6 Å². The second-order valence-corrected chi connectivity index (χ2v) is 6.73. The Kier molecular flexibility index (Phi) is 5.30. The normalized spacial score (nSPS) is 11.0. The highest BCUT2D eigenvalue weighted by molar-refractivity contribution is 7.71. The van der Waals surface area contributed by atoms with E-state index in [-0.39, 0.29) is 5.91 Å². The van der Waals surface area contributed by atoms with Gasteiger partial charge >= 0.3 is 0 Å². The van der Waals surface area contributed by atoms with E-state index in [0.717, 1.165) is 17.2 Å². The van der Waals surface area contributed by atoms with Gasteiger partial charge in [0.05, 0.1) is 4.88 Å². The first kappa shape index (κ1) is 15.9. The second-order valence-electron chi connectivity index (χ2n) is 5.40. The van der Waals surface area contributed by atoms with Crippen LogP contribution < -0.4 is 0 Å². The van der Waals surface area contributed by atoms with E-state index in [1.807, 2.05) is 29.1 Å². The molecule has 0 saturated carbocycles. The first-order chi connectivity index (χ1) is 9.99. The van der Waals surface area contributed by atoms with Gasteiger partial charge in [-0.05, 0) is 29.6 Å². The predicted molar refractivity (Wildman–Crippen MR) is 87.8 cm³/mol. The highest BCUT2D eigenvalue weighted by Gasteiger charge is 2.14. The summed E-state index contributed by atoms with van der Waals surface area (Å²) in [7, 11) is 1.84. The fraction of sp³-hybridized carbons (Fsp3) is 0.500. The number of hydrogen-bond donors (Lipinski definition) is 1. The van der Waals surface area contributed by atoms with Crippen molar-refractivity contribution in [2.45, 2.75) is 26.8 Å². The highest BCUT2D eigenvalue weighted by Crippen LogP contribution is 2.22. The summed E-state index contributed by atoms with van der Waals surface area (Å²) in [6, 6.07) is 3.97. The minimum atomic E-state index is 0.129. The van der Waals surface area contributed by atoms with Crippen molar-refractivity contribution in [2.24, 2.45) is 5.92 Å². The van der Waals surface area contributed by atoms with Crippen molar-refractivity contribution in [3.05, 3.63) is 22.3 Å². The van der Waals surface area contributed by atoms with Crippen LogP contribution in [0.4, 0.5) is 0 Å². The van der Waals surface area contributed by atoms with E-state index in [9.17, 15) is 4.79 Å². The molecule has 0 unspecified atom stereocenters. The van der Waals surface area contributed by atoms with Crippen LogP contribution in [0.2, 0.25) is 0 Å². The lowest BCUT2D eigenvalue weighted by molar-refractivity contribution is -0.130. The maximum absolute atomic E-state index is 12.1. The Morgan fingerprint density at radius 2 is 2.33 bits per heavy atom. The fourth-order valence-corrected chi connectivity index (χ4v) is 3.11. The Balaban J connectivity index is 2.06. The third-order valence-corrected chi connectivity index (χ3v) is 4.29. The van der Waals surface area contributed by atoms with Gasteiger partial charge in [0.15, 0.2) is 10.6 Å². The van der Waals surface area contributed by atoms with Crippen LogP contribution in [0, 0.1) is 10.7 Å². The lowest BCUT2D eigenvalue weighted by Gasteiger charge is -2.19. The standard InChI is InChI=1S/C14H20N4OS2/c1-10(2)9-17(3)12(19)6-7-18-13(15-16-14(18)20)11-5-4-8-21-11/h4-5,8,10H,6-7,9H2,1-3H3,(H,16,20). The van der Waals surface area contributed by atoms with Gasteiger partial charge in [-0.1, -0.05) is 19.9 Å². The molecule has 2 rings (SSSR count). The number of thiophene rings is 1. The number of hydrogen-bond acceptors (Lipinski definition) is 4. The predicted octanol–water partition coefficient (Wildman–Crippen LogP) is 3.17. The van der Waals surface area contributed by atoms with Gasteiger partial charge in [-0.2, -0.15) is 5.10 Å². The van der Waals surface area contributed by atoms with E-state index in [2.05, 4.69) is 24.0 Å². The summed E-state index contributed by atoms with van der Waals surface area (Å²) in [4.78, 5) is 15.0. The van der Waals surface area contributed by atoms with Gasteiger partial charge in [-0.3, -0.25) is 14.5 Å². The number of amides is 1. The molecule has 0 radical (unpaired) electrons. The summed E-state index contributed by atoms with van der Waals surface area (Å²) in [5.41, 5.74) is 0. The quantitative estimate of drug-likeness (QED) is 0.830. The molecule has 2 aromatic heterocycles. The summed E-state index contributed by atoms with van der Waals surface area (Å²) < 4.78 is 2.44. The molecule has 0 saturated heterocycles. The van der Waals surface area contributed by atoms with E-state index >= 15 is 0 Å². The van der Waals surface area contributed by atoms with Crippen LogP contribution in [0.3, 0.4) is 0 Å². The van der Waals surface area contributed by atoms with E-state index in [1.165, 1.54) is 0 Å². The number of nitrogens with one attached hydrogen (secondary N) is 1. The van der Waals surface area contributed by atoms with E-state index in [0.29, 0.717) is 23.7 Å². The number of aromatic amines is 1. The lowest BCUT2D eigenvalue weighted by atomic mass is 10.2. The summed E-state index contributed by atoms with van der Waals surface area (Å²) >= 11 is 6.87. The maximum atomic E-state index is 12.1. The Morgan fingerprint density at radius 1 is 1.57 bits per heavy atom. The van der Waals surface area contributed by atoms with Crippen LogP contribution in [-0.2, 0) is 11.3 Å². The first-order valence-electron chi connectivity index (χ1n) is 6.92. The number of rotatable bonds is 6. The maximum Gasteiger partial charge on any atom is 0.224 e. The third-order valence-electron chi connectivity index (χ3n) is 3.11. The minimum Gasteiger partial charge on any atom is -0.345 e. The van der Waals surface area contributed by atoms with Crippen molar-refractivity contribution in [3.8, 4) is 10.7 Å². The molecule has 2 heterocycles. The summed E-state index contributed by atoms with van der Waals surface area (Å²) in [6.07, 6.45) is 0.426. The van der Waals surface area contributed by atoms with Gasteiger partial charge < -0.3 is 4.90 Å². The van der Waals surface area contributed by atoms with Gasteiger partial charge in [0.1, 0.15) is 0 Å². The Morgan fingerprint density at radius 3 is 2.95 bits per heavy atom. The molecule has 0 fully saturated rings. The molecule has 0 spiro atoms. The molecule has 114 valence electrons. The average Bonchev–Trinajstić information content (AvgIpc) is 3.04. The van der Waals surface area contributed by atoms with Gasteiger partial charge in [0.2, 0.25) is 5.91 Å². The zero-order chi connectivity index (χ0) is 15.4. The van der Waals surface area contributed by atoms with Crippen molar-refractivity contribution in [3.63, 3.8) is 0 Å². The van der Waals surface area contributed by atoms with Crippen molar-refractivity contribution in [1.29, 1.82) is 0 Å². The van der Waals surface area contributed by atoms with Crippen LogP contribution in [0.5, 0.6) is 0 Å². The van der Waals surface area contributed by atoms with E-state index in [4.69, 9.17) is 12.2 Å². The molecule has 1 N–H and O–H groups in total. The topological polar surface area (TPSA) is 53.9 Å². The molecule has 7 heteroatoms. The van der Waals surface area contributed by atoms with Gasteiger partial charge in [-0.25, -0.2) is 0 Å². The first-order valence-corrected chi connectivity index (χ1v) is 8.21. The van der Waals surface area contributed by atoms with Crippen LogP contribution in [0.15, 0.2) is 17.5 Å². The monoisotopic (exact) mass is 324 g/mol. The zero-order valence-electron chi connectivity index (χ0n) is 12.5. The number of carbonyl (C=O) groups excluding carboxylic acids is 1. The van der Waals surface area contributed by atoms with E-state index < -0.39 is 0 Å². The SMILES string of the molecule is CC(C)CN(C)C(=O)CCn1c(-c2cccs2)n[nH]c1=S. The van der Waals surface area contributed by atoms with Crippen molar-refractivity contribution >= 4 is 29.5 Å². The average molecular weight is 324 g/mol. The van der Waals surface area contributed by atoms with Crippen molar-refractivity contribution < 1.29 is 4.79 Å². The van der Waals surface area contributed by atoms with E-state index in [1.54, 1.807) is 16.2 Å². The molecule has 21 heavy (non-hydrogen) atoms. The molecular weight excluding hydrogens is 304 g/mol. The van der Waals surface area contributed by atoms with Gasteiger partial charge in [0, 0.05) is 26.6 Å². The molecule has 5 nitrogen and oxygen atoms in total. The largest absolute Gasteiger partial charge is 0.345 e. The summed E-state index contributed by atoms with van der Waals surface area (Å²) in [6.45, 7) is 5.52. The minimum absolute atomic E-state index is 0.129. The number of aromatic nitrogens is 3. The third kappa shape index (κ3) is 4.01. The second kappa shape index (κ2) is 7.00. The number of H-pyrrole nitrogens is 1. The Bertz CT molecular complexity index is 642. The fourth-order valence-electron chi connectivity index (χ4n) is 2.17. The lowest BCUT2D eigenvalue weighted by Crippen LogP contribution is -2.30.